The zero-order valence-corrected chi connectivity index (χ0v) is 10.6. The van der Waals surface area contributed by atoms with Gasteiger partial charge in [-0.2, -0.15) is 0 Å². The minimum absolute atomic E-state index is 0.383. The quantitative estimate of drug-likeness (QED) is 0.656. The fourth-order valence-electron chi connectivity index (χ4n) is 2.24. The van der Waals surface area contributed by atoms with Gasteiger partial charge < -0.3 is 10.1 Å². The molecule has 0 amide bonds. The number of ether oxygens (including phenoxy) is 1. The first-order valence-corrected chi connectivity index (χ1v) is 6.53. The summed E-state index contributed by atoms with van der Waals surface area (Å²) in [6.45, 7) is 8.63. The monoisotopic (exact) mass is 213 g/mol. The van der Waals surface area contributed by atoms with Gasteiger partial charge in [-0.15, -0.1) is 0 Å². The minimum atomic E-state index is 0.383. The highest BCUT2D eigenvalue weighted by atomic mass is 16.5. The first-order valence-electron chi connectivity index (χ1n) is 6.53. The van der Waals surface area contributed by atoms with Crippen molar-refractivity contribution in [3.05, 3.63) is 0 Å². The van der Waals surface area contributed by atoms with E-state index in [0.29, 0.717) is 6.10 Å². The molecule has 2 unspecified atom stereocenters. The molecule has 1 rings (SSSR count). The van der Waals surface area contributed by atoms with E-state index in [9.17, 15) is 0 Å². The highest BCUT2D eigenvalue weighted by Crippen LogP contribution is 2.24. The summed E-state index contributed by atoms with van der Waals surface area (Å²) in [6, 6.07) is 0.797. The highest BCUT2D eigenvalue weighted by Gasteiger charge is 2.19. The molecule has 0 heterocycles. The van der Waals surface area contributed by atoms with E-state index in [1.807, 2.05) is 0 Å². The van der Waals surface area contributed by atoms with Gasteiger partial charge in [0.2, 0.25) is 0 Å². The summed E-state index contributed by atoms with van der Waals surface area (Å²) in [6.07, 6.45) is 6.99. The molecule has 90 valence electrons. The molecule has 1 fully saturated rings. The maximum absolute atomic E-state index is 5.50. The molecule has 15 heavy (non-hydrogen) atoms. The van der Waals surface area contributed by atoms with Crippen LogP contribution in [0.15, 0.2) is 0 Å². The summed E-state index contributed by atoms with van der Waals surface area (Å²) in [5.74, 6) is 0.937. The Morgan fingerprint density at radius 3 is 2.67 bits per heavy atom. The smallest absolute Gasteiger partial charge is 0.0518 e. The van der Waals surface area contributed by atoms with E-state index >= 15 is 0 Å². The zero-order valence-electron chi connectivity index (χ0n) is 10.6. The Bertz CT molecular complexity index is 159. The third kappa shape index (κ3) is 6.16. The first kappa shape index (κ1) is 13.0. The van der Waals surface area contributed by atoms with E-state index < -0.39 is 0 Å². The van der Waals surface area contributed by atoms with Crippen molar-refractivity contribution < 1.29 is 4.74 Å². The van der Waals surface area contributed by atoms with Gasteiger partial charge in [0.1, 0.15) is 0 Å². The second-order valence-corrected chi connectivity index (χ2v) is 5.20. The molecular formula is C13H27NO. The van der Waals surface area contributed by atoms with Gasteiger partial charge in [-0.05, 0) is 58.4 Å². The second kappa shape index (κ2) is 7.24. The summed E-state index contributed by atoms with van der Waals surface area (Å²) in [4.78, 5) is 0. The standard InChI is InChI=1S/C13H27NO/c1-11(2)15-9-5-4-8-14-13-7-6-12(3)10-13/h11-14H,4-10H2,1-3H3. The molecule has 1 N–H and O–H groups in total. The van der Waals surface area contributed by atoms with Crippen LogP contribution in [0, 0.1) is 5.92 Å². The van der Waals surface area contributed by atoms with Crippen molar-refractivity contribution in [2.75, 3.05) is 13.2 Å². The van der Waals surface area contributed by atoms with Gasteiger partial charge >= 0.3 is 0 Å². The van der Waals surface area contributed by atoms with Crippen LogP contribution in [0.3, 0.4) is 0 Å². The Hall–Kier alpha value is -0.0800. The lowest BCUT2D eigenvalue weighted by Crippen LogP contribution is -2.27. The lowest BCUT2D eigenvalue weighted by atomic mass is 10.1. The number of hydrogen-bond donors (Lipinski definition) is 1. The maximum atomic E-state index is 5.50. The van der Waals surface area contributed by atoms with Gasteiger partial charge in [-0.3, -0.25) is 0 Å². The Labute approximate surface area is 94.8 Å². The van der Waals surface area contributed by atoms with Crippen molar-refractivity contribution in [1.29, 1.82) is 0 Å². The number of rotatable bonds is 7. The van der Waals surface area contributed by atoms with Crippen molar-refractivity contribution in [1.82, 2.24) is 5.32 Å². The normalized spacial score (nSPS) is 26.4. The molecule has 2 heteroatoms. The van der Waals surface area contributed by atoms with Crippen LogP contribution < -0.4 is 5.32 Å². The van der Waals surface area contributed by atoms with Crippen LogP contribution in [0.4, 0.5) is 0 Å². The molecule has 0 aromatic carbocycles. The van der Waals surface area contributed by atoms with Crippen LogP contribution >= 0.6 is 0 Å². The fraction of sp³-hybridized carbons (Fsp3) is 1.00. The Morgan fingerprint density at radius 1 is 1.27 bits per heavy atom. The Balaban J connectivity index is 1.85. The minimum Gasteiger partial charge on any atom is -0.379 e. The van der Waals surface area contributed by atoms with Gasteiger partial charge in [-0.25, -0.2) is 0 Å². The number of unbranched alkanes of at least 4 members (excludes halogenated alkanes) is 1. The van der Waals surface area contributed by atoms with Gasteiger partial charge in [0.25, 0.3) is 0 Å². The molecule has 0 aromatic rings. The maximum Gasteiger partial charge on any atom is 0.0518 e. The van der Waals surface area contributed by atoms with Gasteiger partial charge in [0.15, 0.2) is 0 Å². The zero-order chi connectivity index (χ0) is 11.1. The van der Waals surface area contributed by atoms with Crippen LogP contribution in [-0.2, 0) is 4.74 Å². The molecule has 0 aromatic heterocycles. The van der Waals surface area contributed by atoms with Gasteiger partial charge in [-0.1, -0.05) is 6.92 Å². The van der Waals surface area contributed by atoms with E-state index in [1.165, 1.54) is 38.6 Å². The third-order valence-electron chi connectivity index (χ3n) is 3.15. The predicted octanol–water partition coefficient (Wildman–Crippen LogP) is 2.97. The summed E-state index contributed by atoms with van der Waals surface area (Å²) >= 11 is 0. The molecule has 1 aliphatic carbocycles. The highest BCUT2D eigenvalue weighted by molar-refractivity contribution is 4.77. The topological polar surface area (TPSA) is 21.3 Å². The average molecular weight is 213 g/mol. The van der Waals surface area contributed by atoms with Crippen molar-refractivity contribution >= 4 is 0 Å². The lowest BCUT2D eigenvalue weighted by Gasteiger charge is -2.12. The molecule has 0 bridgehead atoms. The summed E-state index contributed by atoms with van der Waals surface area (Å²) in [5, 5.41) is 3.64. The largest absolute Gasteiger partial charge is 0.379 e. The molecule has 1 aliphatic rings. The Morgan fingerprint density at radius 2 is 2.07 bits per heavy atom. The number of hydrogen-bond acceptors (Lipinski definition) is 2. The van der Waals surface area contributed by atoms with E-state index in [1.54, 1.807) is 0 Å². The predicted molar refractivity (Wildman–Crippen MR) is 65.1 cm³/mol. The molecule has 1 saturated carbocycles. The second-order valence-electron chi connectivity index (χ2n) is 5.20. The van der Waals surface area contributed by atoms with E-state index in [-0.39, 0.29) is 0 Å². The number of nitrogens with one attached hydrogen (secondary N) is 1. The van der Waals surface area contributed by atoms with Gasteiger partial charge in [0.05, 0.1) is 6.10 Å². The molecule has 2 nitrogen and oxygen atoms in total. The third-order valence-corrected chi connectivity index (χ3v) is 3.15. The molecular weight excluding hydrogens is 186 g/mol. The average Bonchev–Trinajstić information content (AvgIpc) is 2.57. The summed E-state index contributed by atoms with van der Waals surface area (Å²) < 4.78 is 5.50. The van der Waals surface area contributed by atoms with Crippen LogP contribution in [-0.4, -0.2) is 25.3 Å². The molecule has 0 radical (unpaired) electrons. The van der Waals surface area contributed by atoms with Crippen LogP contribution in [0.1, 0.15) is 52.9 Å². The van der Waals surface area contributed by atoms with Crippen molar-refractivity contribution in [3.63, 3.8) is 0 Å². The van der Waals surface area contributed by atoms with E-state index in [4.69, 9.17) is 4.74 Å². The summed E-state index contributed by atoms with van der Waals surface area (Å²) in [5.41, 5.74) is 0. The van der Waals surface area contributed by atoms with E-state index in [2.05, 4.69) is 26.1 Å². The van der Waals surface area contributed by atoms with Crippen molar-refractivity contribution in [2.24, 2.45) is 5.92 Å². The SMILES string of the molecule is CC1CCC(NCCCCOC(C)C)C1. The molecule has 0 aliphatic heterocycles. The van der Waals surface area contributed by atoms with Crippen LogP contribution in [0.5, 0.6) is 0 Å². The fourth-order valence-corrected chi connectivity index (χ4v) is 2.24. The van der Waals surface area contributed by atoms with Gasteiger partial charge in [0, 0.05) is 12.6 Å². The molecule has 0 spiro atoms. The lowest BCUT2D eigenvalue weighted by molar-refractivity contribution is 0.0759. The van der Waals surface area contributed by atoms with Crippen LogP contribution in [0.25, 0.3) is 0 Å². The van der Waals surface area contributed by atoms with E-state index in [0.717, 1.165) is 18.6 Å². The molecule has 0 saturated heterocycles. The van der Waals surface area contributed by atoms with Crippen molar-refractivity contribution in [2.45, 2.75) is 65.0 Å². The summed E-state index contributed by atoms with van der Waals surface area (Å²) in [7, 11) is 0. The van der Waals surface area contributed by atoms with Crippen LogP contribution in [0.2, 0.25) is 0 Å². The Kier molecular flexibility index (Phi) is 6.26. The first-order chi connectivity index (χ1) is 7.18. The molecule has 2 atom stereocenters. The van der Waals surface area contributed by atoms with Crippen molar-refractivity contribution in [3.8, 4) is 0 Å².